The van der Waals surface area contributed by atoms with E-state index >= 15 is 0 Å². The first-order valence-electron chi connectivity index (χ1n) is 8.54. The number of ether oxygens (including phenoxy) is 1. The summed E-state index contributed by atoms with van der Waals surface area (Å²) in [7, 11) is 0. The van der Waals surface area contributed by atoms with Crippen LogP contribution in [0.4, 0.5) is 5.69 Å². The van der Waals surface area contributed by atoms with Gasteiger partial charge in [-0.3, -0.25) is 10.1 Å². The smallest absolute Gasteiger partial charge is 0.311 e. The first kappa shape index (κ1) is 18.0. The predicted octanol–water partition coefficient (Wildman–Crippen LogP) is 5.95. The van der Waals surface area contributed by atoms with Gasteiger partial charge in [-0.2, -0.15) is 0 Å². The molecule has 0 N–H and O–H groups in total. The van der Waals surface area contributed by atoms with Crippen LogP contribution < -0.4 is 4.74 Å². The molecule has 0 bridgehead atoms. The second kappa shape index (κ2) is 8.48. The molecule has 4 nitrogen and oxygen atoms in total. The number of unbranched alkanes of at least 4 members (excludes halogenated alkanes) is 2. The fourth-order valence-corrected chi connectivity index (χ4v) is 2.56. The minimum absolute atomic E-state index is 0.0249. The highest BCUT2D eigenvalue weighted by atomic mass is 16.6. The molecular formula is C20H25NO3. The van der Waals surface area contributed by atoms with Crippen LogP contribution in [0.3, 0.4) is 0 Å². The van der Waals surface area contributed by atoms with Crippen LogP contribution in [-0.4, -0.2) is 11.5 Å². The van der Waals surface area contributed by atoms with Gasteiger partial charge in [-0.1, -0.05) is 63.9 Å². The third-order valence-corrected chi connectivity index (χ3v) is 4.07. The standard InChI is InChI=1S/C20H25NO3/c1-4-5-6-13-24-20-12-11-18(14-19(20)21(22)23)17-9-7-16(8-10-17)15(2)3/h7-12,14-15H,4-6,13H2,1-3H3. The summed E-state index contributed by atoms with van der Waals surface area (Å²) in [5.41, 5.74) is 3.08. The van der Waals surface area contributed by atoms with Gasteiger partial charge in [-0.05, 0) is 35.1 Å². The first-order chi connectivity index (χ1) is 11.5. The van der Waals surface area contributed by atoms with E-state index in [2.05, 4.69) is 32.9 Å². The van der Waals surface area contributed by atoms with Crippen molar-refractivity contribution >= 4 is 5.69 Å². The second-order valence-electron chi connectivity index (χ2n) is 6.27. The number of nitro groups is 1. The SMILES string of the molecule is CCCCCOc1ccc(-c2ccc(C(C)C)cc2)cc1[N+](=O)[O-]. The Kier molecular flexibility index (Phi) is 6.36. The van der Waals surface area contributed by atoms with E-state index in [0.717, 1.165) is 30.4 Å². The molecule has 0 heterocycles. The normalized spacial score (nSPS) is 10.8. The molecule has 24 heavy (non-hydrogen) atoms. The van der Waals surface area contributed by atoms with E-state index in [9.17, 15) is 10.1 Å². The van der Waals surface area contributed by atoms with E-state index in [4.69, 9.17) is 4.74 Å². The summed E-state index contributed by atoms with van der Waals surface area (Å²) in [5.74, 6) is 0.811. The molecule has 0 amide bonds. The van der Waals surface area contributed by atoms with Crippen molar-refractivity contribution in [2.24, 2.45) is 0 Å². The van der Waals surface area contributed by atoms with Gasteiger partial charge in [0, 0.05) is 6.07 Å². The third kappa shape index (κ3) is 4.57. The maximum atomic E-state index is 11.4. The summed E-state index contributed by atoms with van der Waals surface area (Å²) in [5, 5.41) is 11.4. The zero-order valence-electron chi connectivity index (χ0n) is 14.6. The van der Waals surface area contributed by atoms with Crippen LogP contribution >= 0.6 is 0 Å². The lowest BCUT2D eigenvalue weighted by Gasteiger charge is -2.10. The molecule has 0 fully saturated rings. The van der Waals surface area contributed by atoms with E-state index in [-0.39, 0.29) is 10.6 Å². The summed E-state index contributed by atoms with van der Waals surface area (Å²) in [6.45, 7) is 6.91. The fourth-order valence-electron chi connectivity index (χ4n) is 2.56. The second-order valence-corrected chi connectivity index (χ2v) is 6.27. The molecule has 0 spiro atoms. The maximum Gasteiger partial charge on any atom is 0.311 e. The Bertz CT molecular complexity index is 678. The summed E-state index contributed by atoms with van der Waals surface area (Å²) in [6, 6.07) is 13.3. The Morgan fingerprint density at radius 2 is 1.71 bits per heavy atom. The van der Waals surface area contributed by atoms with Crippen LogP contribution in [0.1, 0.15) is 51.5 Å². The molecule has 0 unspecified atom stereocenters. The number of hydrogen-bond donors (Lipinski definition) is 0. The minimum Gasteiger partial charge on any atom is -0.487 e. The highest BCUT2D eigenvalue weighted by Crippen LogP contribution is 2.33. The van der Waals surface area contributed by atoms with Crippen molar-refractivity contribution in [1.29, 1.82) is 0 Å². The van der Waals surface area contributed by atoms with Gasteiger partial charge in [-0.25, -0.2) is 0 Å². The molecule has 0 aliphatic carbocycles. The van der Waals surface area contributed by atoms with Gasteiger partial charge in [0.05, 0.1) is 11.5 Å². The molecule has 0 aliphatic heterocycles. The molecular weight excluding hydrogens is 302 g/mol. The molecule has 0 aromatic heterocycles. The van der Waals surface area contributed by atoms with Gasteiger partial charge >= 0.3 is 5.69 Å². The van der Waals surface area contributed by atoms with E-state index in [1.165, 1.54) is 5.56 Å². The Hall–Kier alpha value is -2.36. The van der Waals surface area contributed by atoms with Crippen LogP contribution in [0, 0.1) is 10.1 Å². The number of nitro benzene ring substituents is 1. The zero-order valence-corrected chi connectivity index (χ0v) is 14.6. The Morgan fingerprint density at radius 3 is 2.29 bits per heavy atom. The van der Waals surface area contributed by atoms with Crippen LogP contribution in [-0.2, 0) is 0 Å². The summed E-state index contributed by atoms with van der Waals surface area (Å²) in [6.07, 6.45) is 3.07. The van der Waals surface area contributed by atoms with Gasteiger partial charge < -0.3 is 4.74 Å². The van der Waals surface area contributed by atoms with Gasteiger partial charge in [0.15, 0.2) is 5.75 Å². The van der Waals surface area contributed by atoms with Crippen LogP contribution in [0.15, 0.2) is 42.5 Å². The highest BCUT2D eigenvalue weighted by Gasteiger charge is 2.16. The van der Waals surface area contributed by atoms with E-state index < -0.39 is 0 Å². The topological polar surface area (TPSA) is 52.4 Å². The van der Waals surface area contributed by atoms with Crippen molar-refractivity contribution in [2.45, 2.75) is 46.0 Å². The number of rotatable bonds is 8. The van der Waals surface area contributed by atoms with Crippen molar-refractivity contribution in [2.75, 3.05) is 6.61 Å². The molecule has 0 saturated carbocycles. The van der Waals surface area contributed by atoms with Crippen LogP contribution in [0.5, 0.6) is 5.75 Å². The molecule has 4 heteroatoms. The summed E-state index contributed by atoms with van der Waals surface area (Å²) in [4.78, 5) is 11.0. The monoisotopic (exact) mass is 327 g/mol. The molecule has 2 aromatic carbocycles. The molecule has 0 radical (unpaired) electrons. The van der Waals surface area contributed by atoms with Crippen molar-refractivity contribution < 1.29 is 9.66 Å². The predicted molar refractivity (Wildman–Crippen MR) is 97.6 cm³/mol. The van der Waals surface area contributed by atoms with E-state index in [0.29, 0.717) is 18.3 Å². The van der Waals surface area contributed by atoms with Gasteiger partial charge in [-0.15, -0.1) is 0 Å². The Labute approximate surface area is 143 Å². The molecule has 2 rings (SSSR count). The van der Waals surface area contributed by atoms with Gasteiger partial charge in [0.25, 0.3) is 0 Å². The molecule has 0 aliphatic rings. The fraction of sp³-hybridized carbons (Fsp3) is 0.400. The van der Waals surface area contributed by atoms with Crippen molar-refractivity contribution in [3.63, 3.8) is 0 Å². The number of hydrogen-bond acceptors (Lipinski definition) is 3. The molecule has 128 valence electrons. The lowest BCUT2D eigenvalue weighted by atomic mass is 9.98. The molecule has 2 aromatic rings. The quantitative estimate of drug-likeness (QED) is 0.342. The first-order valence-corrected chi connectivity index (χ1v) is 8.54. The zero-order chi connectivity index (χ0) is 17.5. The summed E-state index contributed by atoms with van der Waals surface area (Å²) < 4.78 is 5.60. The summed E-state index contributed by atoms with van der Waals surface area (Å²) >= 11 is 0. The van der Waals surface area contributed by atoms with Crippen molar-refractivity contribution in [1.82, 2.24) is 0 Å². The van der Waals surface area contributed by atoms with Gasteiger partial charge in [0.2, 0.25) is 0 Å². The minimum atomic E-state index is -0.374. The maximum absolute atomic E-state index is 11.4. The molecule has 0 saturated heterocycles. The highest BCUT2D eigenvalue weighted by molar-refractivity contribution is 5.69. The molecule has 0 atom stereocenters. The van der Waals surface area contributed by atoms with Gasteiger partial charge in [0.1, 0.15) is 0 Å². The van der Waals surface area contributed by atoms with E-state index in [1.807, 2.05) is 18.2 Å². The number of benzene rings is 2. The van der Waals surface area contributed by atoms with E-state index in [1.54, 1.807) is 12.1 Å². The lowest BCUT2D eigenvalue weighted by molar-refractivity contribution is -0.385. The third-order valence-electron chi connectivity index (χ3n) is 4.07. The Balaban J connectivity index is 2.22. The average Bonchev–Trinajstić information content (AvgIpc) is 2.58. The van der Waals surface area contributed by atoms with Crippen molar-refractivity contribution in [3.05, 3.63) is 58.1 Å². The number of nitrogens with zero attached hydrogens (tertiary/aromatic N) is 1. The van der Waals surface area contributed by atoms with Crippen molar-refractivity contribution in [3.8, 4) is 16.9 Å². The largest absolute Gasteiger partial charge is 0.487 e. The Morgan fingerprint density at radius 1 is 1.04 bits per heavy atom. The van der Waals surface area contributed by atoms with Crippen LogP contribution in [0.25, 0.3) is 11.1 Å². The van der Waals surface area contributed by atoms with Crippen LogP contribution in [0.2, 0.25) is 0 Å². The average molecular weight is 327 g/mol. The lowest BCUT2D eigenvalue weighted by Crippen LogP contribution is -2.00.